The maximum atomic E-state index is 11.5. The maximum absolute atomic E-state index is 11.5. The van der Waals surface area contributed by atoms with Crippen LogP contribution in [0.5, 0.6) is 0 Å². The first-order valence-electron chi connectivity index (χ1n) is 5.96. The fourth-order valence-electron chi connectivity index (χ4n) is 1.55. The van der Waals surface area contributed by atoms with Crippen molar-refractivity contribution in [3.05, 3.63) is 53.7 Å². The third kappa shape index (κ3) is 4.13. The molecule has 1 N–H and O–H groups in total. The van der Waals surface area contributed by atoms with Crippen LogP contribution < -0.4 is 5.32 Å². The van der Waals surface area contributed by atoms with Gasteiger partial charge in [-0.25, -0.2) is 0 Å². The zero-order valence-corrected chi connectivity index (χ0v) is 12.1. The first kappa shape index (κ1) is 13.7. The van der Waals surface area contributed by atoms with E-state index in [1.807, 2.05) is 36.4 Å². The summed E-state index contributed by atoms with van der Waals surface area (Å²) in [5.74, 6) is 0.332. The van der Waals surface area contributed by atoms with Gasteiger partial charge in [0.05, 0.1) is 10.5 Å². The standard InChI is InChI=1S/C14H14BrN3O/c1-10(15)14(19)16-13-8-7-12(17-18-13)9-11-5-3-2-4-6-11/h2-8,10H,9H2,1H3,(H,16,18,19). The molecule has 1 amide bonds. The fourth-order valence-corrected chi connectivity index (χ4v) is 1.67. The van der Waals surface area contributed by atoms with Crippen LogP contribution in [0.4, 0.5) is 5.82 Å². The summed E-state index contributed by atoms with van der Waals surface area (Å²) in [6, 6.07) is 13.7. The molecule has 0 aliphatic carbocycles. The van der Waals surface area contributed by atoms with Gasteiger partial charge in [-0.05, 0) is 24.6 Å². The molecule has 1 heterocycles. The molecule has 0 radical (unpaired) electrons. The van der Waals surface area contributed by atoms with Crippen LogP contribution in [0.2, 0.25) is 0 Å². The number of anilines is 1. The molecule has 0 fully saturated rings. The molecule has 19 heavy (non-hydrogen) atoms. The van der Waals surface area contributed by atoms with Gasteiger partial charge in [-0.15, -0.1) is 5.10 Å². The Morgan fingerprint density at radius 2 is 1.95 bits per heavy atom. The third-order valence-electron chi connectivity index (χ3n) is 2.56. The number of carbonyl (C=O) groups is 1. The van der Waals surface area contributed by atoms with Gasteiger partial charge < -0.3 is 5.32 Å². The Balaban J connectivity index is 2.01. The Hall–Kier alpha value is -1.75. The molecule has 2 aromatic rings. The van der Waals surface area contributed by atoms with Crippen LogP contribution in [-0.4, -0.2) is 20.9 Å². The summed E-state index contributed by atoms with van der Waals surface area (Å²) in [5, 5.41) is 10.8. The predicted octanol–water partition coefficient (Wildman–Crippen LogP) is 2.79. The number of alkyl halides is 1. The number of nitrogens with zero attached hydrogens (tertiary/aromatic N) is 2. The second-order valence-electron chi connectivity index (χ2n) is 4.18. The normalized spacial score (nSPS) is 11.9. The van der Waals surface area contributed by atoms with Gasteiger partial charge in [-0.1, -0.05) is 46.3 Å². The number of halogens is 1. The molecule has 1 aromatic carbocycles. The van der Waals surface area contributed by atoms with Crippen molar-refractivity contribution >= 4 is 27.7 Å². The van der Waals surface area contributed by atoms with Crippen molar-refractivity contribution < 1.29 is 4.79 Å². The number of carbonyl (C=O) groups excluding carboxylic acids is 1. The summed E-state index contributed by atoms with van der Waals surface area (Å²) in [6.45, 7) is 1.76. The molecule has 0 bridgehead atoms. The molecular formula is C14H14BrN3O. The molecule has 0 aliphatic heterocycles. The first-order chi connectivity index (χ1) is 9.15. The summed E-state index contributed by atoms with van der Waals surface area (Å²) in [7, 11) is 0. The second kappa shape index (κ2) is 6.43. The lowest BCUT2D eigenvalue weighted by Gasteiger charge is -2.06. The topological polar surface area (TPSA) is 54.9 Å². The van der Waals surface area contributed by atoms with Crippen molar-refractivity contribution in [3.8, 4) is 0 Å². The average Bonchev–Trinajstić information content (AvgIpc) is 2.42. The lowest BCUT2D eigenvalue weighted by molar-refractivity contribution is -0.115. The number of benzene rings is 1. The van der Waals surface area contributed by atoms with Crippen molar-refractivity contribution in [2.24, 2.45) is 0 Å². The van der Waals surface area contributed by atoms with E-state index in [4.69, 9.17) is 0 Å². The summed E-state index contributed by atoms with van der Waals surface area (Å²) < 4.78 is 0. The molecule has 0 spiro atoms. The van der Waals surface area contributed by atoms with Gasteiger partial charge >= 0.3 is 0 Å². The summed E-state index contributed by atoms with van der Waals surface area (Å²) in [5.41, 5.74) is 2.05. The maximum Gasteiger partial charge on any atom is 0.239 e. The van der Waals surface area contributed by atoms with Crippen molar-refractivity contribution in [2.45, 2.75) is 18.2 Å². The van der Waals surface area contributed by atoms with Crippen LogP contribution in [0.3, 0.4) is 0 Å². The highest BCUT2D eigenvalue weighted by Crippen LogP contribution is 2.09. The highest BCUT2D eigenvalue weighted by Gasteiger charge is 2.09. The van der Waals surface area contributed by atoms with E-state index in [-0.39, 0.29) is 10.7 Å². The van der Waals surface area contributed by atoms with E-state index in [1.54, 1.807) is 13.0 Å². The van der Waals surface area contributed by atoms with Crippen molar-refractivity contribution in [1.29, 1.82) is 0 Å². The van der Waals surface area contributed by atoms with Crippen LogP contribution in [0.1, 0.15) is 18.2 Å². The molecule has 98 valence electrons. The zero-order valence-electron chi connectivity index (χ0n) is 10.5. The quantitative estimate of drug-likeness (QED) is 0.882. The molecule has 1 atom stereocenters. The van der Waals surface area contributed by atoms with Gasteiger partial charge in [0.2, 0.25) is 5.91 Å². The van der Waals surface area contributed by atoms with Crippen LogP contribution in [0.15, 0.2) is 42.5 Å². The number of rotatable bonds is 4. The third-order valence-corrected chi connectivity index (χ3v) is 2.98. The summed E-state index contributed by atoms with van der Waals surface area (Å²) >= 11 is 3.20. The van der Waals surface area contributed by atoms with E-state index in [0.717, 1.165) is 12.1 Å². The molecule has 0 saturated carbocycles. The smallest absolute Gasteiger partial charge is 0.239 e. The first-order valence-corrected chi connectivity index (χ1v) is 6.88. The fraction of sp³-hybridized carbons (Fsp3) is 0.214. The second-order valence-corrected chi connectivity index (χ2v) is 5.55. The van der Waals surface area contributed by atoms with Crippen LogP contribution in [0.25, 0.3) is 0 Å². The van der Waals surface area contributed by atoms with E-state index < -0.39 is 0 Å². The molecule has 5 heteroatoms. The highest BCUT2D eigenvalue weighted by molar-refractivity contribution is 9.10. The van der Waals surface area contributed by atoms with Gasteiger partial charge in [-0.3, -0.25) is 4.79 Å². The molecule has 1 unspecified atom stereocenters. The molecular weight excluding hydrogens is 306 g/mol. The minimum Gasteiger partial charge on any atom is -0.308 e. The Kier molecular flexibility index (Phi) is 4.63. The predicted molar refractivity (Wildman–Crippen MR) is 78.3 cm³/mol. The number of aromatic nitrogens is 2. The van der Waals surface area contributed by atoms with Gasteiger partial charge in [0.1, 0.15) is 0 Å². The SMILES string of the molecule is CC(Br)C(=O)Nc1ccc(Cc2ccccc2)nn1. The van der Waals surface area contributed by atoms with Gasteiger partial charge in [0.25, 0.3) is 0 Å². The molecule has 1 aromatic heterocycles. The Bertz CT molecular complexity index is 540. The largest absolute Gasteiger partial charge is 0.308 e. The average molecular weight is 320 g/mol. The van der Waals surface area contributed by atoms with E-state index >= 15 is 0 Å². The van der Waals surface area contributed by atoms with Crippen molar-refractivity contribution in [1.82, 2.24) is 10.2 Å². The molecule has 0 saturated heterocycles. The van der Waals surface area contributed by atoms with Gasteiger partial charge in [-0.2, -0.15) is 5.10 Å². The van der Waals surface area contributed by atoms with Crippen molar-refractivity contribution in [2.75, 3.05) is 5.32 Å². The molecule has 0 aliphatic rings. The van der Waals surface area contributed by atoms with E-state index in [0.29, 0.717) is 5.82 Å². The van der Waals surface area contributed by atoms with E-state index in [2.05, 4.69) is 31.4 Å². The molecule has 2 rings (SSSR count). The van der Waals surface area contributed by atoms with Gasteiger partial charge in [0.15, 0.2) is 5.82 Å². The Morgan fingerprint density at radius 3 is 2.53 bits per heavy atom. The van der Waals surface area contributed by atoms with Gasteiger partial charge in [0, 0.05) is 6.42 Å². The number of hydrogen-bond acceptors (Lipinski definition) is 3. The van der Waals surface area contributed by atoms with E-state index in [9.17, 15) is 4.79 Å². The minimum atomic E-state index is -0.252. The van der Waals surface area contributed by atoms with Crippen LogP contribution in [-0.2, 0) is 11.2 Å². The zero-order chi connectivity index (χ0) is 13.7. The Morgan fingerprint density at radius 1 is 1.21 bits per heavy atom. The van der Waals surface area contributed by atoms with E-state index in [1.165, 1.54) is 5.56 Å². The van der Waals surface area contributed by atoms with Crippen LogP contribution in [0, 0.1) is 0 Å². The van der Waals surface area contributed by atoms with Crippen LogP contribution >= 0.6 is 15.9 Å². The van der Waals surface area contributed by atoms with Crippen molar-refractivity contribution in [3.63, 3.8) is 0 Å². The lowest BCUT2D eigenvalue weighted by Crippen LogP contribution is -2.20. The lowest BCUT2D eigenvalue weighted by atomic mass is 10.1. The number of nitrogens with one attached hydrogen (secondary N) is 1. The minimum absolute atomic E-state index is 0.134. The number of amides is 1. The summed E-state index contributed by atoms with van der Waals surface area (Å²) in [4.78, 5) is 11.2. The Labute approximate surface area is 120 Å². The highest BCUT2D eigenvalue weighted by atomic mass is 79.9. The summed E-state index contributed by atoms with van der Waals surface area (Å²) in [6.07, 6.45) is 0.733. The number of hydrogen-bond donors (Lipinski definition) is 1. The molecule has 4 nitrogen and oxygen atoms in total. The monoisotopic (exact) mass is 319 g/mol.